The van der Waals surface area contributed by atoms with Crippen LogP contribution in [0.3, 0.4) is 0 Å². The Morgan fingerprint density at radius 1 is 1.37 bits per heavy atom. The average Bonchev–Trinajstić information content (AvgIpc) is 3.16. The first kappa shape index (κ1) is 23.5. The maximum Gasteiger partial charge on any atom is 0.143 e. The van der Waals surface area contributed by atoms with Crippen LogP contribution in [0.15, 0.2) is 47.7 Å². The Morgan fingerprint density at radius 3 is 2.67 bits per heavy atom. The smallest absolute Gasteiger partial charge is 0.143 e. The number of ether oxygens (including phenoxy) is 1. The van der Waals surface area contributed by atoms with Gasteiger partial charge in [-0.1, -0.05) is 42.1 Å². The molecular formula is C21H19ClN4O2S2. The molecule has 0 fully saturated rings. The van der Waals surface area contributed by atoms with Gasteiger partial charge in [-0.25, -0.2) is 4.98 Å². The van der Waals surface area contributed by atoms with Crippen molar-refractivity contribution in [3.8, 4) is 12.1 Å². The summed E-state index contributed by atoms with van der Waals surface area (Å²) in [7, 11) is 0. The Morgan fingerprint density at radius 2 is 2.10 bits per heavy atom. The molecule has 0 atom stereocenters. The van der Waals surface area contributed by atoms with Crippen LogP contribution in [-0.4, -0.2) is 23.3 Å². The average molecular weight is 459 g/mol. The number of nitrogens with zero attached hydrogens (tertiary/aromatic N) is 3. The molecule has 0 aromatic carbocycles. The number of aromatic nitrogens is 1. The van der Waals surface area contributed by atoms with E-state index in [0.29, 0.717) is 32.0 Å². The number of thiophene rings is 1. The number of thioether (sulfide) groups is 1. The fraction of sp³-hybridized carbons (Fsp3) is 0.190. The lowest BCUT2D eigenvalue weighted by Crippen LogP contribution is -2.05. The molecule has 0 unspecified atom stereocenters. The third-order valence-corrected chi connectivity index (χ3v) is 6.26. The number of hydrogen-bond donors (Lipinski definition) is 2. The van der Waals surface area contributed by atoms with Gasteiger partial charge in [-0.05, 0) is 30.7 Å². The molecule has 6 nitrogen and oxygen atoms in total. The molecule has 30 heavy (non-hydrogen) atoms. The summed E-state index contributed by atoms with van der Waals surface area (Å²) in [5.41, 5.74) is 7.31. The predicted molar refractivity (Wildman–Crippen MR) is 122 cm³/mol. The molecule has 0 saturated carbocycles. The van der Waals surface area contributed by atoms with Gasteiger partial charge >= 0.3 is 0 Å². The molecular weight excluding hydrogens is 440 g/mol. The number of pyridine rings is 1. The second kappa shape index (κ2) is 11.4. The Balaban J connectivity index is 2.52. The zero-order valence-corrected chi connectivity index (χ0v) is 18.6. The predicted octanol–water partition coefficient (Wildman–Crippen LogP) is 4.90. The van der Waals surface area contributed by atoms with E-state index in [1.54, 1.807) is 25.2 Å². The molecule has 2 aromatic rings. The first-order valence-corrected chi connectivity index (χ1v) is 10.9. The summed E-state index contributed by atoms with van der Waals surface area (Å²) >= 11 is 8.78. The molecule has 0 spiro atoms. The topological polar surface area (TPSA) is 116 Å². The molecule has 0 bridgehead atoms. The first-order valence-electron chi connectivity index (χ1n) is 8.70. The number of nitrogen functional groups attached to an aromatic ring is 1. The van der Waals surface area contributed by atoms with Crippen molar-refractivity contribution in [3.63, 3.8) is 0 Å². The van der Waals surface area contributed by atoms with Crippen molar-refractivity contribution in [2.75, 3.05) is 18.9 Å². The minimum atomic E-state index is -0.0999. The zero-order valence-electron chi connectivity index (χ0n) is 16.2. The lowest BCUT2D eigenvalue weighted by molar-refractivity contribution is 0.146. The SMILES string of the molecule is C=C/C(=C\C=C(/C)OCCO)c1c(C#N)c(N)nc(SCc2ccc(Cl)s2)c1C#N. The van der Waals surface area contributed by atoms with Crippen LogP contribution in [0.25, 0.3) is 5.57 Å². The Hall–Kier alpha value is -2.75. The lowest BCUT2D eigenvalue weighted by Gasteiger charge is -2.13. The van der Waals surface area contributed by atoms with E-state index >= 15 is 0 Å². The van der Waals surface area contributed by atoms with Gasteiger partial charge < -0.3 is 15.6 Å². The molecule has 154 valence electrons. The van der Waals surface area contributed by atoms with Crippen LogP contribution in [0.5, 0.6) is 0 Å². The second-order valence-electron chi connectivity index (χ2n) is 5.82. The second-order valence-corrected chi connectivity index (χ2v) is 8.58. The van der Waals surface area contributed by atoms with E-state index < -0.39 is 0 Å². The summed E-state index contributed by atoms with van der Waals surface area (Å²) in [4.78, 5) is 5.31. The van der Waals surface area contributed by atoms with Gasteiger partial charge in [-0.15, -0.1) is 11.3 Å². The number of halogens is 1. The van der Waals surface area contributed by atoms with Crippen LogP contribution in [-0.2, 0) is 10.5 Å². The highest BCUT2D eigenvalue weighted by molar-refractivity contribution is 7.98. The van der Waals surface area contributed by atoms with Gasteiger partial charge in [0.15, 0.2) is 0 Å². The molecule has 2 heterocycles. The molecule has 0 saturated heterocycles. The highest BCUT2D eigenvalue weighted by Gasteiger charge is 2.21. The highest BCUT2D eigenvalue weighted by atomic mass is 35.5. The van der Waals surface area contributed by atoms with E-state index in [1.165, 1.54) is 23.1 Å². The molecule has 0 aliphatic rings. The van der Waals surface area contributed by atoms with Crippen molar-refractivity contribution >= 4 is 46.1 Å². The number of allylic oxidation sites excluding steroid dienone is 5. The van der Waals surface area contributed by atoms with E-state index in [-0.39, 0.29) is 30.2 Å². The minimum Gasteiger partial charge on any atom is -0.496 e. The van der Waals surface area contributed by atoms with Crippen molar-refractivity contribution in [1.29, 1.82) is 10.5 Å². The van der Waals surface area contributed by atoms with Crippen molar-refractivity contribution in [2.24, 2.45) is 0 Å². The molecule has 2 rings (SSSR count). The third kappa shape index (κ3) is 5.88. The Kier molecular flexibility index (Phi) is 8.97. The van der Waals surface area contributed by atoms with Gasteiger partial charge in [-0.2, -0.15) is 10.5 Å². The van der Waals surface area contributed by atoms with E-state index in [0.717, 1.165) is 4.88 Å². The van der Waals surface area contributed by atoms with Gasteiger partial charge in [-0.3, -0.25) is 0 Å². The van der Waals surface area contributed by atoms with E-state index in [1.807, 2.05) is 18.2 Å². The molecule has 0 amide bonds. The van der Waals surface area contributed by atoms with E-state index in [9.17, 15) is 10.5 Å². The van der Waals surface area contributed by atoms with E-state index in [4.69, 9.17) is 27.2 Å². The number of nitrogens with two attached hydrogens (primary N) is 1. The fourth-order valence-corrected chi connectivity index (χ4v) is 4.60. The van der Waals surface area contributed by atoms with Gasteiger partial charge in [0, 0.05) is 16.2 Å². The normalized spacial score (nSPS) is 11.6. The van der Waals surface area contributed by atoms with Crippen LogP contribution >= 0.6 is 34.7 Å². The molecule has 2 aromatic heterocycles. The van der Waals surface area contributed by atoms with Crippen LogP contribution < -0.4 is 5.73 Å². The maximum absolute atomic E-state index is 9.85. The summed E-state index contributed by atoms with van der Waals surface area (Å²) in [6.45, 7) is 5.61. The Bertz CT molecular complexity index is 1080. The minimum absolute atomic E-state index is 0.0446. The molecule has 0 aliphatic heterocycles. The summed E-state index contributed by atoms with van der Waals surface area (Å²) in [5, 5.41) is 28.8. The third-order valence-electron chi connectivity index (χ3n) is 3.82. The number of aliphatic hydroxyl groups excluding tert-OH is 1. The number of aliphatic hydroxyl groups is 1. The summed E-state index contributed by atoms with van der Waals surface area (Å²) < 4.78 is 6.01. The monoisotopic (exact) mass is 458 g/mol. The molecule has 3 N–H and O–H groups in total. The first-order chi connectivity index (χ1) is 14.4. The maximum atomic E-state index is 9.85. The largest absolute Gasteiger partial charge is 0.496 e. The van der Waals surface area contributed by atoms with Gasteiger partial charge in [0.1, 0.15) is 35.2 Å². The number of nitriles is 2. The summed E-state index contributed by atoms with van der Waals surface area (Å²) in [6, 6.07) is 7.92. The summed E-state index contributed by atoms with van der Waals surface area (Å²) in [5.74, 6) is 1.17. The van der Waals surface area contributed by atoms with Crippen LogP contribution in [0.4, 0.5) is 5.82 Å². The zero-order chi connectivity index (χ0) is 22.1. The van der Waals surface area contributed by atoms with Crippen LogP contribution in [0.2, 0.25) is 4.34 Å². The standard InChI is InChI=1S/C21H19ClN4O2S2/c1-3-14(5-4-13(2)28-9-8-27)19-16(10-23)20(25)26-21(17(19)11-24)29-12-15-6-7-18(22)30-15/h3-7,27H,1,8-9,12H2,2H3,(H2,25,26)/b13-4+,14-5+. The number of rotatable bonds is 9. The van der Waals surface area contributed by atoms with Crippen molar-refractivity contribution in [3.05, 3.63) is 68.6 Å². The summed E-state index contributed by atoms with van der Waals surface area (Å²) in [6.07, 6.45) is 4.90. The van der Waals surface area contributed by atoms with Gasteiger partial charge in [0.25, 0.3) is 0 Å². The van der Waals surface area contributed by atoms with Crippen LogP contribution in [0.1, 0.15) is 28.5 Å². The lowest BCUT2D eigenvalue weighted by atomic mass is 9.96. The van der Waals surface area contributed by atoms with Gasteiger partial charge in [0.05, 0.1) is 22.3 Å². The fourth-order valence-electron chi connectivity index (χ4n) is 2.48. The Labute approximate surface area is 188 Å². The highest BCUT2D eigenvalue weighted by Crippen LogP contribution is 2.36. The quantitative estimate of drug-likeness (QED) is 0.312. The van der Waals surface area contributed by atoms with Crippen molar-refractivity contribution < 1.29 is 9.84 Å². The van der Waals surface area contributed by atoms with Crippen LogP contribution in [0, 0.1) is 22.7 Å². The van der Waals surface area contributed by atoms with Crippen molar-refractivity contribution in [2.45, 2.75) is 17.7 Å². The molecule has 9 heteroatoms. The molecule has 0 radical (unpaired) electrons. The van der Waals surface area contributed by atoms with Crippen molar-refractivity contribution in [1.82, 2.24) is 4.98 Å². The molecule has 0 aliphatic carbocycles. The van der Waals surface area contributed by atoms with Gasteiger partial charge in [0.2, 0.25) is 0 Å². The van der Waals surface area contributed by atoms with E-state index in [2.05, 4.69) is 17.6 Å². The number of anilines is 1. The number of hydrogen-bond acceptors (Lipinski definition) is 8.